The number of aromatic nitrogens is 2. The molecule has 8 heteroatoms. The van der Waals surface area contributed by atoms with E-state index >= 15 is 0 Å². The number of likely N-dealkylation sites (tertiary alicyclic amines) is 1. The second-order valence-electron chi connectivity index (χ2n) is 11.8. The van der Waals surface area contributed by atoms with Crippen molar-refractivity contribution in [2.45, 2.75) is 32.2 Å². The SMILES string of the molecule is C=CC(=O)N1CC2(CCN(c3cc(N4CCC(N(C)C)CC4)cc(-c4c(C)ccc5[nH]ncc45)c3C#N)C2)C1. The maximum absolute atomic E-state index is 12.1. The summed E-state index contributed by atoms with van der Waals surface area (Å²) in [5.41, 5.74) is 7.14. The summed E-state index contributed by atoms with van der Waals surface area (Å²) in [7, 11) is 4.33. The number of aromatic amines is 1. The van der Waals surface area contributed by atoms with Crippen LogP contribution >= 0.6 is 0 Å². The van der Waals surface area contributed by atoms with Gasteiger partial charge in [0, 0.05) is 67.4 Å². The molecule has 0 aliphatic carbocycles. The second kappa shape index (κ2) is 9.73. The third kappa shape index (κ3) is 4.35. The van der Waals surface area contributed by atoms with Crippen LogP contribution in [0.2, 0.25) is 0 Å². The molecule has 3 fully saturated rings. The number of benzene rings is 2. The van der Waals surface area contributed by atoms with Crippen molar-refractivity contribution < 1.29 is 4.79 Å². The molecule has 8 nitrogen and oxygen atoms in total. The number of rotatable bonds is 5. The standard InChI is InChI=1S/C31H37N7O/c1-5-29(39)38-19-31(20-38)10-13-37(18-31)28-15-23(36-11-8-22(9-12-36)35(3)4)14-24(25(28)16-32)30-21(2)6-7-27-26(30)17-33-34-27/h5-7,14-15,17,22H,1,8-13,18-20H2,2-4H3,(H,33,34). The van der Waals surface area contributed by atoms with Crippen LogP contribution in [0.3, 0.4) is 0 Å². The summed E-state index contributed by atoms with van der Waals surface area (Å²) in [4.78, 5) is 21.2. The van der Waals surface area contributed by atoms with E-state index in [0.29, 0.717) is 11.6 Å². The van der Waals surface area contributed by atoms with Gasteiger partial charge in [0.05, 0.1) is 23.0 Å². The third-order valence-electron chi connectivity index (χ3n) is 9.19. The molecule has 1 aromatic heterocycles. The molecule has 39 heavy (non-hydrogen) atoms. The zero-order valence-electron chi connectivity index (χ0n) is 23.2. The number of hydrogen-bond donors (Lipinski definition) is 1. The van der Waals surface area contributed by atoms with Gasteiger partial charge in [-0.3, -0.25) is 9.89 Å². The summed E-state index contributed by atoms with van der Waals surface area (Å²) >= 11 is 0. The Morgan fingerprint density at radius 2 is 1.95 bits per heavy atom. The van der Waals surface area contributed by atoms with Crippen molar-refractivity contribution in [3.8, 4) is 17.2 Å². The molecule has 3 aliphatic heterocycles. The van der Waals surface area contributed by atoms with E-state index in [9.17, 15) is 10.1 Å². The van der Waals surface area contributed by atoms with Crippen LogP contribution in [-0.2, 0) is 4.79 Å². The average Bonchev–Trinajstić information content (AvgIpc) is 3.59. The Bertz CT molecular complexity index is 1470. The zero-order chi connectivity index (χ0) is 27.3. The van der Waals surface area contributed by atoms with Crippen molar-refractivity contribution >= 4 is 28.2 Å². The molecule has 3 aromatic rings. The fourth-order valence-corrected chi connectivity index (χ4v) is 6.93. The summed E-state index contributed by atoms with van der Waals surface area (Å²) in [6.07, 6.45) is 6.53. The van der Waals surface area contributed by atoms with E-state index < -0.39 is 0 Å². The normalized spacial score (nSPS) is 19.1. The fraction of sp³-hybridized carbons (Fsp3) is 0.452. The molecule has 3 aliphatic rings. The number of amides is 1. The van der Waals surface area contributed by atoms with Crippen LogP contribution in [0, 0.1) is 23.7 Å². The Kier molecular flexibility index (Phi) is 6.35. The Balaban J connectivity index is 1.42. The van der Waals surface area contributed by atoms with Gasteiger partial charge >= 0.3 is 0 Å². The number of nitrogens with zero attached hydrogens (tertiary/aromatic N) is 6. The van der Waals surface area contributed by atoms with E-state index in [1.807, 2.05) is 11.1 Å². The van der Waals surface area contributed by atoms with Crippen molar-refractivity contribution in [1.29, 1.82) is 5.26 Å². The monoisotopic (exact) mass is 523 g/mol. The van der Waals surface area contributed by atoms with Gasteiger partial charge in [0.1, 0.15) is 6.07 Å². The van der Waals surface area contributed by atoms with E-state index in [1.54, 1.807) is 0 Å². The Morgan fingerprint density at radius 3 is 2.64 bits per heavy atom. The largest absolute Gasteiger partial charge is 0.371 e. The summed E-state index contributed by atoms with van der Waals surface area (Å²) in [5.74, 6) is 0.00545. The van der Waals surface area contributed by atoms with Gasteiger partial charge in [0.2, 0.25) is 5.91 Å². The smallest absolute Gasteiger partial charge is 0.245 e. The maximum atomic E-state index is 12.1. The summed E-state index contributed by atoms with van der Waals surface area (Å²) in [5, 5.41) is 19.1. The molecule has 0 saturated carbocycles. The van der Waals surface area contributed by atoms with E-state index in [-0.39, 0.29) is 11.3 Å². The topological polar surface area (TPSA) is 82.5 Å². The third-order valence-corrected chi connectivity index (χ3v) is 9.19. The lowest BCUT2D eigenvalue weighted by Crippen LogP contribution is -2.59. The summed E-state index contributed by atoms with van der Waals surface area (Å²) in [6, 6.07) is 11.8. The lowest BCUT2D eigenvalue weighted by molar-refractivity contribution is -0.136. The molecule has 202 valence electrons. The second-order valence-corrected chi connectivity index (χ2v) is 11.8. The highest BCUT2D eigenvalue weighted by Crippen LogP contribution is 2.45. The molecule has 0 unspecified atom stereocenters. The molecule has 0 atom stereocenters. The first-order valence-corrected chi connectivity index (χ1v) is 13.9. The molecule has 1 amide bonds. The van der Waals surface area contributed by atoms with Gasteiger partial charge in [0.25, 0.3) is 0 Å². The van der Waals surface area contributed by atoms with Gasteiger partial charge in [-0.1, -0.05) is 12.6 Å². The highest BCUT2D eigenvalue weighted by molar-refractivity contribution is 5.99. The van der Waals surface area contributed by atoms with Crippen LogP contribution in [0.5, 0.6) is 0 Å². The minimum absolute atomic E-state index is 0.00545. The lowest BCUT2D eigenvalue weighted by Gasteiger charge is -2.47. The summed E-state index contributed by atoms with van der Waals surface area (Å²) < 4.78 is 0. The maximum Gasteiger partial charge on any atom is 0.245 e. The van der Waals surface area contributed by atoms with Gasteiger partial charge in [-0.15, -0.1) is 0 Å². The number of nitrogens with one attached hydrogen (secondary N) is 1. The molecule has 2 aromatic carbocycles. The van der Waals surface area contributed by atoms with Gasteiger partial charge in [-0.2, -0.15) is 10.4 Å². The van der Waals surface area contributed by atoms with Crippen LogP contribution < -0.4 is 9.80 Å². The van der Waals surface area contributed by atoms with Gasteiger partial charge in [0.15, 0.2) is 0 Å². The molecule has 0 radical (unpaired) electrons. The van der Waals surface area contributed by atoms with Crippen molar-refractivity contribution in [2.24, 2.45) is 5.41 Å². The van der Waals surface area contributed by atoms with Gasteiger partial charge < -0.3 is 19.6 Å². The fourth-order valence-electron chi connectivity index (χ4n) is 6.93. The molecule has 1 spiro atoms. The lowest BCUT2D eigenvalue weighted by atomic mass is 9.79. The summed E-state index contributed by atoms with van der Waals surface area (Å²) in [6.45, 7) is 11.0. The van der Waals surface area contributed by atoms with E-state index in [4.69, 9.17) is 0 Å². The molecule has 4 heterocycles. The number of H-pyrrole nitrogens is 1. The molecule has 3 saturated heterocycles. The number of anilines is 2. The number of aryl methyl sites for hydroxylation is 1. The van der Waals surface area contributed by atoms with Gasteiger partial charge in [-0.25, -0.2) is 0 Å². The van der Waals surface area contributed by atoms with Crippen molar-refractivity contribution in [2.75, 3.05) is 63.2 Å². The number of carbonyl (C=O) groups excluding carboxylic acids is 1. The molecule has 1 N–H and O–H groups in total. The molecule has 0 bridgehead atoms. The molecular formula is C31H37N7O. The van der Waals surface area contributed by atoms with Crippen molar-refractivity contribution in [1.82, 2.24) is 20.0 Å². The number of fused-ring (bicyclic) bond motifs is 1. The van der Waals surface area contributed by atoms with Crippen LogP contribution in [0.1, 0.15) is 30.4 Å². The average molecular weight is 524 g/mol. The number of piperidine rings is 1. The number of nitriles is 1. The number of hydrogen-bond acceptors (Lipinski definition) is 6. The van der Waals surface area contributed by atoms with Crippen LogP contribution in [0.4, 0.5) is 11.4 Å². The number of carbonyl (C=O) groups is 1. The van der Waals surface area contributed by atoms with Crippen LogP contribution in [0.25, 0.3) is 22.0 Å². The zero-order valence-corrected chi connectivity index (χ0v) is 23.2. The highest BCUT2D eigenvalue weighted by atomic mass is 16.2. The first kappa shape index (κ1) is 25.4. The Morgan fingerprint density at radius 1 is 1.18 bits per heavy atom. The first-order valence-electron chi connectivity index (χ1n) is 13.9. The highest BCUT2D eigenvalue weighted by Gasteiger charge is 2.49. The Hall–Kier alpha value is -3.83. The molecular weight excluding hydrogens is 486 g/mol. The van der Waals surface area contributed by atoms with Crippen LogP contribution in [-0.4, -0.2) is 85.3 Å². The predicted octanol–water partition coefficient (Wildman–Crippen LogP) is 4.17. The van der Waals surface area contributed by atoms with Crippen LogP contribution in [0.15, 0.2) is 43.1 Å². The van der Waals surface area contributed by atoms with Crippen molar-refractivity contribution in [3.05, 3.63) is 54.2 Å². The quantitative estimate of drug-likeness (QED) is 0.506. The minimum atomic E-state index is 0.00545. The van der Waals surface area contributed by atoms with E-state index in [0.717, 1.165) is 91.8 Å². The predicted molar refractivity (Wildman–Crippen MR) is 156 cm³/mol. The van der Waals surface area contributed by atoms with Gasteiger partial charge in [-0.05, 0) is 75.7 Å². The minimum Gasteiger partial charge on any atom is -0.371 e. The molecule has 6 rings (SSSR count). The van der Waals surface area contributed by atoms with E-state index in [1.165, 1.54) is 11.8 Å². The Labute approximate surface area is 230 Å². The first-order chi connectivity index (χ1) is 18.8. The van der Waals surface area contributed by atoms with Crippen molar-refractivity contribution in [3.63, 3.8) is 0 Å². The van der Waals surface area contributed by atoms with E-state index in [2.05, 4.69) is 82.8 Å².